The highest BCUT2D eigenvalue weighted by atomic mass is 32.2. The Hall–Kier alpha value is -1.89. The Morgan fingerprint density at radius 1 is 1.00 bits per heavy atom. The first kappa shape index (κ1) is 15.5. The highest BCUT2D eigenvalue weighted by Gasteiger charge is 2.17. The molecule has 0 amide bonds. The first-order chi connectivity index (χ1) is 9.97. The Bertz CT molecular complexity index is 670. The van der Waals surface area contributed by atoms with Crippen molar-refractivity contribution in [3.05, 3.63) is 65.7 Å². The molecule has 0 atom stereocenters. The zero-order valence-corrected chi connectivity index (χ0v) is 12.7. The van der Waals surface area contributed by atoms with Crippen LogP contribution in [0.3, 0.4) is 0 Å². The Morgan fingerprint density at radius 3 is 2.24 bits per heavy atom. The van der Waals surface area contributed by atoms with Crippen LogP contribution in [0.5, 0.6) is 0 Å². The molecule has 112 valence electrons. The normalized spacial score (nSPS) is 11.7. The Balaban J connectivity index is 1.96. The van der Waals surface area contributed by atoms with Crippen molar-refractivity contribution >= 4 is 15.9 Å². The van der Waals surface area contributed by atoms with Crippen molar-refractivity contribution in [1.82, 2.24) is 9.03 Å². The maximum atomic E-state index is 12.2. The summed E-state index contributed by atoms with van der Waals surface area (Å²) >= 11 is 0. The van der Waals surface area contributed by atoms with E-state index in [-0.39, 0.29) is 6.54 Å². The van der Waals surface area contributed by atoms with E-state index < -0.39 is 10.2 Å². The smallest absolute Gasteiger partial charge is 0.279 e. The molecule has 0 aromatic heterocycles. The minimum absolute atomic E-state index is 0.238. The maximum absolute atomic E-state index is 12.2. The topological polar surface area (TPSA) is 75.4 Å². The number of hydrogen-bond acceptors (Lipinski definition) is 3. The van der Waals surface area contributed by atoms with Crippen LogP contribution in [0.1, 0.15) is 11.1 Å². The molecular weight excluding hydrogens is 286 g/mol. The lowest BCUT2D eigenvalue weighted by atomic mass is 10.2. The molecule has 0 saturated heterocycles. The zero-order valence-electron chi connectivity index (χ0n) is 11.9. The van der Waals surface area contributed by atoms with Gasteiger partial charge in [0.05, 0.1) is 0 Å². The minimum atomic E-state index is -3.51. The maximum Gasteiger partial charge on any atom is 0.279 e. The summed E-state index contributed by atoms with van der Waals surface area (Å²) in [5.74, 6) is 0. The van der Waals surface area contributed by atoms with Gasteiger partial charge in [0, 0.05) is 25.8 Å². The number of benzene rings is 2. The molecule has 2 aromatic carbocycles. The van der Waals surface area contributed by atoms with E-state index in [0.717, 1.165) is 11.1 Å². The Morgan fingerprint density at radius 2 is 1.62 bits per heavy atom. The van der Waals surface area contributed by atoms with Gasteiger partial charge in [0.2, 0.25) is 0 Å². The molecule has 0 aliphatic rings. The van der Waals surface area contributed by atoms with Gasteiger partial charge in [0.15, 0.2) is 0 Å². The Labute approximate surface area is 125 Å². The highest BCUT2D eigenvalue weighted by molar-refractivity contribution is 7.87. The largest absolute Gasteiger partial charge is 0.399 e. The van der Waals surface area contributed by atoms with Crippen LogP contribution in [0, 0.1) is 0 Å². The lowest BCUT2D eigenvalue weighted by Gasteiger charge is -2.17. The summed E-state index contributed by atoms with van der Waals surface area (Å²) < 4.78 is 28.2. The first-order valence-corrected chi connectivity index (χ1v) is 8.00. The van der Waals surface area contributed by atoms with Gasteiger partial charge in [0.25, 0.3) is 10.2 Å². The lowest BCUT2D eigenvalue weighted by molar-refractivity contribution is 0.454. The van der Waals surface area contributed by atoms with Crippen LogP contribution in [-0.2, 0) is 23.3 Å². The van der Waals surface area contributed by atoms with Crippen LogP contribution in [0.4, 0.5) is 5.69 Å². The van der Waals surface area contributed by atoms with Gasteiger partial charge in [-0.2, -0.15) is 17.4 Å². The van der Waals surface area contributed by atoms with E-state index in [9.17, 15) is 8.42 Å². The number of anilines is 1. The second-order valence-electron chi connectivity index (χ2n) is 4.81. The third-order valence-corrected chi connectivity index (χ3v) is 4.56. The standard InChI is InChI=1S/C15H19N3O2S/c1-18(12-14-5-3-2-4-6-14)21(19,20)17-11-13-7-9-15(16)10-8-13/h2-10,17H,11-12,16H2,1H3. The quantitative estimate of drug-likeness (QED) is 0.798. The van der Waals surface area contributed by atoms with Gasteiger partial charge in [0.1, 0.15) is 0 Å². The molecular formula is C15H19N3O2S. The summed E-state index contributed by atoms with van der Waals surface area (Å²) in [7, 11) is -1.96. The number of nitrogens with zero attached hydrogens (tertiary/aromatic N) is 1. The predicted octanol–water partition coefficient (Wildman–Crippen LogP) is 1.74. The monoisotopic (exact) mass is 305 g/mol. The molecule has 2 aromatic rings. The van der Waals surface area contributed by atoms with Crippen molar-refractivity contribution in [1.29, 1.82) is 0 Å². The van der Waals surface area contributed by atoms with Gasteiger partial charge in [-0.25, -0.2) is 0 Å². The van der Waals surface area contributed by atoms with Crippen LogP contribution in [0.25, 0.3) is 0 Å². The molecule has 0 aliphatic carbocycles. The van der Waals surface area contributed by atoms with Crippen molar-refractivity contribution in [2.45, 2.75) is 13.1 Å². The summed E-state index contributed by atoms with van der Waals surface area (Å²) in [6.45, 7) is 0.569. The zero-order chi connectivity index (χ0) is 15.3. The molecule has 0 fully saturated rings. The van der Waals surface area contributed by atoms with Crippen LogP contribution in [0.2, 0.25) is 0 Å². The molecule has 0 radical (unpaired) electrons. The van der Waals surface area contributed by atoms with Crippen molar-refractivity contribution in [3.8, 4) is 0 Å². The van der Waals surface area contributed by atoms with Gasteiger partial charge in [-0.05, 0) is 23.3 Å². The average molecular weight is 305 g/mol. The molecule has 0 saturated carbocycles. The fourth-order valence-corrected chi connectivity index (χ4v) is 2.73. The summed E-state index contributed by atoms with van der Waals surface area (Å²) in [4.78, 5) is 0. The number of nitrogens with two attached hydrogens (primary N) is 1. The summed E-state index contributed by atoms with van der Waals surface area (Å²) in [5.41, 5.74) is 8.06. The van der Waals surface area contributed by atoms with E-state index in [1.165, 1.54) is 4.31 Å². The van der Waals surface area contributed by atoms with E-state index in [4.69, 9.17) is 5.73 Å². The minimum Gasteiger partial charge on any atom is -0.399 e. The lowest BCUT2D eigenvalue weighted by Crippen LogP contribution is -2.37. The second-order valence-corrected chi connectivity index (χ2v) is 6.67. The number of rotatable bonds is 6. The van der Waals surface area contributed by atoms with Crippen molar-refractivity contribution in [2.75, 3.05) is 12.8 Å². The fraction of sp³-hybridized carbons (Fsp3) is 0.200. The highest BCUT2D eigenvalue weighted by Crippen LogP contribution is 2.08. The fourth-order valence-electron chi connectivity index (χ4n) is 1.85. The molecule has 0 unspecified atom stereocenters. The first-order valence-electron chi connectivity index (χ1n) is 6.56. The van der Waals surface area contributed by atoms with Gasteiger partial charge in [-0.3, -0.25) is 0 Å². The van der Waals surface area contributed by atoms with Crippen LogP contribution in [0.15, 0.2) is 54.6 Å². The molecule has 0 spiro atoms. The molecule has 3 N–H and O–H groups in total. The molecule has 21 heavy (non-hydrogen) atoms. The summed E-state index contributed by atoms with van der Waals surface area (Å²) in [6.07, 6.45) is 0. The molecule has 2 rings (SSSR count). The molecule has 5 nitrogen and oxygen atoms in total. The van der Waals surface area contributed by atoms with E-state index in [1.807, 2.05) is 30.3 Å². The van der Waals surface area contributed by atoms with Crippen LogP contribution in [-0.4, -0.2) is 19.8 Å². The van der Waals surface area contributed by atoms with E-state index >= 15 is 0 Å². The van der Waals surface area contributed by atoms with Crippen molar-refractivity contribution < 1.29 is 8.42 Å². The van der Waals surface area contributed by atoms with E-state index in [0.29, 0.717) is 12.2 Å². The van der Waals surface area contributed by atoms with Crippen molar-refractivity contribution in [2.24, 2.45) is 0 Å². The molecule has 0 heterocycles. The van der Waals surface area contributed by atoms with E-state index in [1.54, 1.807) is 31.3 Å². The number of nitrogen functional groups attached to an aromatic ring is 1. The summed E-state index contributed by atoms with van der Waals surface area (Å²) in [6, 6.07) is 16.6. The van der Waals surface area contributed by atoms with Gasteiger partial charge in [-0.1, -0.05) is 42.5 Å². The third-order valence-electron chi connectivity index (χ3n) is 3.10. The summed E-state index contributed by atoms with van der Waals surface area (Å²) in [5, 5.41) is 0. The number of hydrogen-bond donors (Lipinski definition) is 2. The number of nitrogens with one attached hydrogen (secondary N) is 1. The van der Waals surface area contributed by atoms with Crippen molar-refractivity contribution in [3.63, 3.8) is 0 Å². The average Bonchev–Trinajstić information content (AvgIpc) is 2.48. The van der Waals surface area contributed by atoms with Gasteiger partial charge >= 0.3 is 0 Å². The van der Waals surface area contributed by atoms with Crippen LogP contribution >= 0.6 is 0 Å². The third kappa shape index (κ3) is 4.56. The predicted molar refractivity (Wildman–Crippen MR) is 84.5 cm³/mol. The molecule has 0 bridgehead atoms. The van der Waals surface area contributed by atoms with Gasteiger partial charge < -0.3 is 5.73 Å². The SMILES string of the molecule is CN(Cc1ccccc1)S(=O)(=O)NCc1ccc(N)cc1. The second kappa shape index (κ2) is 6.71. The molecule has 0 aliphatic heterocycles. The van der Waals surface area contributed by atoms with Crippen LogP contribution < -0.4 is 10.5 Å². The Kier molecular flexibility index (Phi) is 4.95. The van der Waals surface area contributed by atoms with Gasteiger partial charge in [-0.15, -0.1) is 0 Å². The van der Waals surface area contributed by atoms with E-state index in [2.05, 4.69) is 4.72 Å². The molecule has 6 heteroatoms.